The van der Waals surface area contributed by atoms with E-state index in [0.29, 0.717) is 6.42 Å². The Morgan fingerprint density at radius 3 is 2.38 bits per heavy atom. The van der Waals surface area contributed by atoms with Crippen LogP contribution >= 0.6 is 0 Å². The Morgan fingerprint density at radius 2 is 1.85 bits per heavy atom. The summed E-state index contributed by atoms with van der Waals surface area (Å²) >= 11 is 0. The third kappa shape index (κ3) is 2.82. The SMILES string of the molecule is [CH2]CCOS(=O)(=O)c1ccccc1. The second-order valence-corrected chi connectivity index (χ2v) is 4.06. The molecule has 0 spiro atoms. The lowest BCUT2D eigenvalue weighted by molar-refractivity contribution is 0.324. The van der Waals surface area contributed by atoms with Gasteiger partial charge in [-0.3, -0.25) is 4.18 Å². The van der Waals surface area contributed by atoms with Gasteiger partial charge in [0.05, 0.1) is 11.5 Å². The summed E-state index contributed by atoms with van der Waals surface area (Å²) in [7, 11) is -3.56. The molecule has 0 saturated heterocycles. The van der Waals surface area contributed by atoms with Gasteiger partial charge in [-0.2, -0.15) is 8.42 Å². The lowest BCUT2D eigenvalue weighted by Crippen LogP contribution is -2.06. The maximum atomic E-state index is 11.3. The first kappa shape index (κ1) is 10.2. The molecule has 1 rings (SSSR count). The summed E-state index contributed by atoms with van der Waals surface area (Å²) in [6.07, 6.45) is 0.437. The molecule has 0 bridgehead atoms. The molecular weight excluding hydrogens is 188 g/mol. The van der Waals surface area contributed by atoms with Crippen molar-refractivity contribution in [3.05, 3.63) is 37.3 Å². The summed E-state index contributed by atoms with van der Waals surface area (Å²) in [5, 5.41) is 0. The molecular formula is C9H11O3S. The second-order valence-electron chi connectivity index (χ2n) is 2.44. The van der Waals surface area contributed by atoms with E-state index < -0.39 is 10.1 Å². The van der Waals surface area contributed by atoms with Crippen LogP contribution in [0.3, 0.4) is 0 Å². The lowest BCUT2D eigenvalue weighted by atomic mass is 10.4. The van der Waals surface area contributed by atoms with E-state index in [4.69, 9.17) is 0 Å². The topological polar surface area (TPSA) is 43.4 Å². The Kier molecular flexibility index (Phi) is 3.45. The minimum absolute atomic E-state index is 0.122. The summed E-state index contributed by atoms with van der Waals surface area (Å²) in [6, 6.07) is 8.05. The van der Waals surface area contributed by atoms with Crippen LogP contribution < -0.4 is 0 Å². The van der Waals surface area contributed by atoms with Crippen molar-refractivity contribution < 1.29 is 12.6 Å². The van der Waals surface area contributed by atoms with Gasteiger partial charge in [0, 0.05) is 0 Å². The van der Waals surface area contributed by atoms with Crippen molar-refractivity contribution in [2.24, 2.45) is 0 Å². The zero-order chi connectivity index (χ0) is 9.73. The maximum Gasteiger partial charge on any atom is 0.296 e. The second kappa shape index (κ2) is 4.39. The summed E-state index contributed by atoms with van der Waals surface area (Å²) < 4.78 is 27.4. The summed E-state index contributed by atoms with van der Waals surface area (Å²) in [5.41, 5.74) is 0. The van der Waals surface area contributed by atoms with E-state index in [1.165, 1.54) is 12.1 Å². The highest BCUT2D eigenvalue weighted by atomic mass is 32.2. The molecule has 0 amide bonds. The van der Waals surface area contributed by atoms with Crippen molar-refractivity contribution in [2.75, 3.05) is 6.61 Å². The quantitative estimate of drug-likeness (QED) is 0.692. The molecule has 0 aromatic heterocycles. The molecule has 0 fully saturated rings. The molecule has 71 valence electrons. The van der Waals surface area contributed by atoms with Gasteiger partial charge in [0.25, 0.3) is 10.1 Å². The van der Waals surface area contributed by atoms with Crippen LogP contribution in [0.1, 0.15) is 6.42 Å². The Morgan fingerprint density at radius 1 is 1.23 bits per heavy atom. The first-order valence-electron chi connectivity index (χ1n) is 3.90. The van der Waals surface area contributed by atoms with Crippen LogP contribution in [0.2, 0.25) is 0 Å². The Hall–Kier alpha value is -0.870. The van der Waals surface area contributed by atoms with Gasteiger partial charge >= 0.3 is 0 Å². The smallest absolute Gasteiger partial charge is 0.266 e. The molecule has 1 aromatic carbocycles. The van der Waals surface area contributed by atoms with E-state index >= 15 is 0 Å². The van der Waals surface area contributed by atoms with Crippen LogP contribution in [0.15, 0.2) is 35.2 Å². The van der Waals surface area contributed by atoms with Crippen molar-refractivity contribution in [1.29, 1.82) is 0 Å². The zero-order valence-electron chi connectivity index (χ0n) is 7.14. The first-order valence-corrected chi connectivity index (χ1v) is 5.31. The molecule has 0 N–H and O–H groups in total. The number of hydrogen-bond donors (Lipinski definition) is 0. The van der Waals surface area contributed by atoms with Crippen molar-refractivity contribution in [3.63, 3.8) is 0 Å². The Labute approximate surface area is 78.5 Å². The van der Waals surface area contributed by atoms with Crippen molar-refractivity contribution in [3.8, 4) is 0 Å². The molecule has 1 radical (unpaired) electrons. The van der Waals surface area contributed by atoms with Gasteiger partial charge in [0.15, 0.2) is 0 Å². The van der Waals surface area contributed by atoms with E-state index in [1.54, 1.807) is 18.2 Å². The van der Waals surface area contributed by atoms with E-state index in [-0.39, 0.29) is 11.5 Å². The van der Waals surface area contributed by atoms with E-state index in [1.807, 2.05) is 0 Å². The molecule has 1 aromatic rings. The Balaban J connectivity index is 2.83. The highest BCUT2D eigenvalue weighted by molar-refractivity contribution is 7.86. The average Bonchev–Trinajstić information content (AvgIpc) is 2.16. The van der Waals surface area contributed by atoms with Crippen LogP contribution in [0, 0.1) is 6.92 Å². The third-order valence-electron chi connectivity index (χ3n) is 1.41. The molecule has 0 aliphatic carbocycles. The molecule has 4 heteroatoms. The lowest BCUT2D eigenvalue weighted by Gasteiger charge is -2.02. The summed E-state index contributed by atoms with van der Waals surface area (Å²) in [4.78, 5) is 0.184. The molecule has 0 heterocycles. The predicted octanol–water partition coefficient (Wildman–Crippen LogP) is 1.62. The van der Waals surface area contributed by atoms with Crippen LogP contribution in [0.25, 0.3) is 0 Å². The van der Waals surface area contributed by atoms with Gasteiger partial charge in [0.2, 0.25) is 0 Å². The standard InChI is InChI=1S/C9H11O3S/c1-2-8-12-13(10,11)9-6-4-3-5-7-9/h3-7H,1-2,8H2. The minimum Gasteiger partial charge on any atom is -0.266 e. The highest BCUT2D eigenvalue weighted by Crippen LogP contribution is 2.10. The molecule has 0 unspecified atom stereocenters. The number of benzene rings is 1. The maximum absolute atomic E-state index is 11.3. The number of rotatable bonds is 4. The summed E-state index contributed by atoms with van der Waals surface area (Å²) in [5.74, 6) is 0. The Bertz CT molecular complexity index is 342. The normalized spacial score (nSPS) is 11.5. The van der Waals surface area contributed by atoms with Crippen LogP contribution in [-0.2, 0) is 14.3 Å². The average molecular weight is 199 g/mol. The van der Waals surface area contributed by atoms with Gasteiger partial charge < -0.3 is 0 Å². The van der Waals surface area contributed by atoms with Crippen molar-refractivity contribution >= 4 is 10.1 Å². The van der Waals surface area contributed by atoms with Crippen LogP contribution in [-0.4, -0.2) is 15.0 Å². The highest BCUT2D eigenvalue weighted by Gasteiger charge is 2.12. The van der Waals surface area contributed by atoms with Gasteiger partial charge in [-0.05, 0) is 18.6 Å². The minimum atomic E-state index is -3.56. The molecule has 0 saturated carbocycles. The van der Waals surface area contributed by atoms with E-state index in [9.17, 15) is 8.42 Å². The van der Waals surface area contributed by atoms with Crippen LogP contribution in [0.4, 0.5) is 0 Å². The monoisotopic (exact) mass is 199 g/mol. The van der Waals surface area contributed by atoms with Crippen LogP contribution in [0.5, 0.6) is 0 Å². The fraction of sp³-hybridized carbons (Fsp3) is 0.222. The molecule has 13 heavy (non-hydrogen) atoms. The van der Waals surface area contributed by atoms with Gasteiger partial charge in [-0.25, -0.2) is 0 Å². The fourth-order valence-corrected chi connectivity index (χ4v) is 1.79. The van der Waals surface area contributed by atoms with Crippen molar-refractivity contribution in [1.82, 2.24) is 0 Å². The molecule has 0 aliphatic heterocycles. The molecule has 0 aliphatic rings. The number of hydrogen-bond acceptors (Lipinski definition) is 3. The van der Waals surface area contributed by atoms with Crippen molar-refractivity contribution in [2.45, 2.75) is 11.3 Å². The van der Waals surface area contributed by atoms with E-state index in [0.717, 1.165) is 0 Å². The fourth-order valence-electron chi connectivity index (χ4n) is 0.824. The predicted molar refractivity (Wildman–Crippen MR) is 49.6 cm³/mol. The first-order chi connectivity index (χ1) is 6.17. The van der Waals surface area contributed by atoms with Gasteiger partial charge in [-0.1, -0.05) is 25.1 Å². The van der Waals surface area contributed by atoms with E-state index in [2.05, 4.69) is 11.1 Å². The zero-order valence-corrected chi connectivity index (χ0v) is 7.96. The van der Waals surface area contributed by atoms with Gasteiger partial charge in [-0.15, -0.1) is 0 Å². The largest absolute Gasteiger partial charge is 0.296 e. The molecule has 0 atom stereocenters. The summed E-state index contributed by atoms with van der Waals surface area (Å²) in [6.45, 7) is 3.62. The third-order valence-corrected chi connectivity index (χ3v) is 2.74. The molecule has 3 nitrogen and oxygen atoms in total. The van der Waals surface area contributed by atoms with Gasteiger partial charge in [0.1, 0.15) is 0 Å².